The molecule has 0 radical (unpaired) electrons. The molecule has 21 heavy (non-hydrogen) atoms. The molecule has 0 fully saturated rings. The van der Waals surface area contributed by atoms with Gasteiger partial charge in [0.05, 0.1) is 0 Å². The molecule has 0 saturated carbocycles. The van der Waals surface area contributed by atoms with Gasteiger partial charge in [0, 0.05) is 16.1 Å². The Labute approximate surface area is 132 Å². The van der Waals surface area contributed by atoms with Crippen molar-refractivity contribution in [3.63, 3.8) is 0 Å². The van der Waals surface area contributed by atoms with Crippen LogP contribution in [0, 0.1) is 13.8 Å². The molecule has 2 rings (SSSR count). The molecule has 108 valence electrons. The molecule has 0 atom stereocenters. The van der Waals surface area contributed by atoms with Crippen LogP contribution < -0.4 is 4.74 Å². The molecule has 2 aromatic rings. The van der Waals surface area contributed by atoms with Crippen LogP contribution in [0.1, 0.15) is 16.7 Å². The SMILES string of the molecule is Cc1ccc(Oc2cc(Br)ccc2/C=C/C(=O)O)c(C)c1. The van der Waals surface area contributed by atoms with E-state index < -0.39 is 5.97 Å². The summed E-state index contributed by atoms with van der Waals surface area (Å²) < 4.78 is 6.80. The third-order valence-corrected chi connectivity index (χ3v) is 3.42. The van der Waals surface area contributed by atoms with Gasteiger partial charge in [0.1, 0.15) is 11.5 Å². The number of aliphatic carboxylic acids is 1. The molecule has 0 bridgehead atoms. The van der Waals surface area contributed by atoms with Crippen LogP contribution in [0.5, 0.6) is 11.5 Å². The molecule has 0 aliphatic rings. The minimum atomic E-state index is -0.990. The number of carboxylic acids is 1. The fourth-order valence-electron chi connectivity index (χ4n) is 1.93. The highest BCUT2D eigenvalue weighted by Crippen LogP contribution is 2.31. The first kappa shape index (κ1) is 15.3. The first-order valence-corrected chi connectivity index (χ1v) is 7.20. The zero-order valence-electron chi connectivity index (χ0n) is 11.8. The lowest BCUT2D eigenvalue weighted by Gasteiger charge is -2.12. The monoisotopic (exact) mass is 346 g/mol. The standard InChI is InChI=1S/C17H15BrO3/c1-11-3-7-15(12(2)9-11)21-16-10-14(18)6-4-13(16)5-8-17(19)20/h3-10H,1-2H3,(H,19,20)/b8-5+. The van der Waals surface area contributed by atoms with Gasteiger partial charge in [-0.05, 0) is 43.7 Å². The van der Waals surface area contributed by atoms with Crippen molar-refractivity contribution in [2.24, 2.45) is 0 Å². The Morgan fingerprint density at radius 2 is 1.90 bits per heavy atom. The van der Waals surface area contributed by atoms with E-state index >= 15 is 0 Å². The van der Waals surface area contributed by atoms with E-state index in [1.54, 1.807) is 0 Å². The van der Waals surface area contributed by atoms with Gasteiger partial charge in [0.15, 0.2) is 0 Å². The lowest BCUT2D eigenvalue weighted by Crippen LogP contribution is -1.92. The third kappa shape index (κ3) is 4.20. The summed E-state index contributed by atoms with van der Waals surface area (Å²) in [6.07, 6.45) is 2.62. The van der Waals surface area contributed by atoms with Gasteiger partial charge in [0.25, 0.3) is 0 Å². The lowest BCUT2D eigenvalue weighted by atomic mass is 10.1. The minimum absolute atomic E-state index is 0.605. The van der Waals surface area contributed by atoms with E-state index in [-0.39, 0.29) is 0 Å². The Morgan fingerprint density at radius 3 is 2.57 bits per heavy atom. The third-order valence-electron chi connectivity index (χ3n) is 2.93. The average Bonchev–Trinajstić information content (AvgIpc) is 2.41. The van der Waals surface area contributed by atoms with Crippen molar-refractivity contribution in [2.45, 2.75) is 13.8 Å². The largest absolute Gasteiger partial charge is 0.478 e. The highest BCUT2D eigenvalue weighted by atomic mass is 79.9. The molecule has 0 spiro atoms. The van der Waals surface area contributed by atoms with Gasteiger partial charge in [0.2, 0.25) is 0 Å². The molecular weight excluding hydrogens is 332 g/mol. The van der Waals surface area contributed by atoms with Crippen LogP contribution in [0.3, 0.4) is 0 Å². The van der Waals surface area contributed by atoms with Gasteiger partial charge >= 0.3 is 5.97 Å². The summed E-state index contributed by atoms with van der Waals surface area (Å²) in [6.45, 7) is 4.00. The van der Waals surface area contributed by atoms with Crippen LogP contribution in [0.2, 0.25) is 0 Å². The van der Waals surface area contributed by atoms with Crippen molar-refractivity contribution in [3.8, 4) is 11.5 Å². The van der Waals surface area contributed by atoms with E-state index in [1.165, 1.54) is 11.6 Å². The lowest BCUT2D eigenvalue weighted by molar-refractivity contribution is -0.131. The van der Waals surface area contributed by atoms with Crippen molar-refractivity contribution >= 4 is 28.0 Å². The number of aryl methyl sites for hydroxylation is 2. The summed E-state index contributed by atoms with van der Waals surface area (Å²) in [5.74, 6) is 0.368. The van der Waals surface area contributed by atoms with Crippen molar-refractivity contribution in [1.82, 2.24) is 0 Å². The van der Waals surface area contributed by atoms with Crippen LogP contribution >= 0.6 is 15.9 Å². The van der Waals surface area contributed by atoms with Crippen LogP contribution in [0.4, 0.5) is 0 Å². The highest BCUT2D eigenvalue weighted by Gasteiger charge is 2.07. The Morgan fingerprint density at radius 1 is 1.14 bits per heavy atom. The predicted molar refractivity (Wildman–Crippen MR) is 86.8 cm³/mol. The zero-order chi connectivity index (χ0) is 15.4. The molecule has 0 unspecified atom stereocenters. The van der Waals surface area contributed by atoms with Gasteiger partial charge < -0.3 is 9.84 Å². The first-order chi connectivity index (χ1) is 9.95. The summed E-state index contributed by atoms with van der Waals surface area (Å²) in [5.41, 5.74) is 2.91. The van der Waals surface area contributed by atoms with Crippen molar-refractivity contribution < 1.29 is 14.6 Å². The molecule has 0 aromatic heterocycles. The van der Waals surface area contributed by atoms with E-state index in [0.29, 0.717) is 11.3 Å². The van der Waals surface area contributed by atoms with E-state index in [4.69, 9.17) is 9.84 Å². The molecule has 1 N–H and O–H groups in total. The molecule has 4 heteroatoms. The summed E-state index contributed by atoms with van der Waals surface area (Å²) in [7, 11) is 0. The van der Waals surface area contributed by atoms with Crippen LogP contribution in [-0.2, 0) is 4.79 Å². The van der Waals surface area contributed by atoms with E-state index in [2.05, 4.69) is 15.9 Å². The second-order valence-electron chi connectivity index (χ2n) is 4.72. The fraction of sp³-hybridized carbons (Fsp3) is 0.118. The van der Waals surface area contributed by atoms with Crippen LogP contribution in [-0.4, -0.2) is 11.1 Å². The van der Waals surface area contributed by atoms with Gasteiger partial charge in [-0.25, -0.2) is 4.79 Å². The average molecular weight is 347 g/mol. The molecule has 0 amide bonds. The second kappa shape index (κ2) is 6.59. The van der Waals surface area contributed by atoms with Crippen molar-refractivity contribution in [3.05, 3.63) is 63.6 Å². The Bertz CT molecular complexity index is 705. The maximum atomic E-state index is 10.7. The highest BCUT2D eigenvalue weighted by molar-refractivity contribution is 9.10. The van der Waals surface area contributed by atoms with Gasteiger partial charge in [-0.2, -0.15) is 0 Å². The number of benzene rings is 2. The van der Waals surface area contributed by atoms with E-state index in [0.717, 1.165) is 21.9 Å². The number of carboxylic acid groups (broad SMARTS) is 1. The Balaban J connectivity index is 2.38. The number of ether oxygens (including phenoxy) is 1. The van der Waals surface area contributed by atoms with Crippen LogP contribution in [0.15, 0.2) is 46.9 Å². The maximum absolute atomic E-state index is 10.7. The molecule has 0 aliphatic heterocycles. The quantitative estimate of drug-likeness (QED) is 0.796. The number of hydrogen-bond donors (Lipinski definition) is 1. The van der Waals surface area contributed by atoms with E-state index in [1.807, 2.05) is 50.2 Å². The molecule has 3 nitrogen and oxygen atoms in total. The number of rotatable bonds is 4. The van der Waals surface area contributed by atoms with E-state index in [9.17, 15) is 4.79 Å². The summed E-state index contributed by atoms with van der Waals surface area (Å²) >= 11 is 3.40. The van der Waals surface area contributed by atoms with Gasteiger partial charge in [-0.1, -0.05) is 39.7 Å². The molecular formula is C17H15BrO3. The summed E-state index contributed by atoms with van der Waals surface area (Å²) in [5, 5.41) is 8.75. The molecule has 2 aromatic carbocycles. The van der Waals surface area contributed by atoms with Crippen molar-refractivity contribution in [2.75, 3.05) is 0 Å². The Kier molecular flexibility index (Phi) is 4.81. The predicted octanol–water partition coefficient (Wildman–Crippen LogP) is 4.96. The van der Waals surface area contributed by atoms with Gasteiger partial charge in [-0.3, -0.25) is 0 Å². The minimum Gasteiger partial charge on any atom is -0.478 e. The number of hydrogen-bond acceptors (Lipinski definition) is 2. The molecule has 0 heterocycles. The second-order valence-corrected chi connectivity index (χ2v) is 5.64. The first-order valence-electron chi connectivity index (χ1n) is 6.41. The number of carbonyl (C=O) groups is 1. The topological polar surface area (TPSA) is 46.5 Å². The maximum Gasteiger partial charge on any atom is 0.328 e. The normalized spacial score (nSPS) is 10.8. The summed E-state index contributed by atoms with van der Waals surface area (Å²) in [6, 6.07) is 11.4. The molecule has 0 aliphatic carbocycles. The smallest absolute Gasteiger partial charge is 0.328 e. The Hall–Kier alpha value is -2.07. The fourth-order valence-corrected chi connectivity index (χ4v) is 2.27. The zero-order valence-corrected chi connectivity index (χ0v) is 13.3. The summed E-state index contributed by atoms with van der Waals surface area (Å²) in [4.78, 5) is 10.7. The van der Waals surface area contributed by atoms with Crippen LogP contribution in [0.25, 0.3) is 6.08 Å². The molecule has 0 saturated heterocycles. The number of halogens is 1. The van der Waals surface area contributed by atoms with Crippen molar-refractivity contribution in [1.29, 1.82) is 0 Å². The van der Waals surface area contributed by atoms with Gasteiger partial charge in [-0.15, -0.1) is 0 Å².